The van der Waals surface area contributed by atoms with E-state index in [1.807, 2.05) is 71.6 Å². The summed E-state index contributed by atoms with van der Waals surface area (Å²) in [5.41, 5.74) is 3.26. The third-order valence-corrected chi connectivity index (χ3v) is 4.62. The van der Waals surface area contributed by atoms with Crippen LogP contribution in [0.4, 0.5) is 10.5 Å². The van der Waals surface area contributed by atoms with Gasteiger partial charge in [0.2, 0.25) is 0 Å². The molecule has 3 aromatic rings. The van der Waals surface area contributed by atoms with Gasteiger partial charge < -0.3 is 10.2 Å². The summed E-state index contributed by atoms with van der Waals surface area (Å²) in [5.74, 6) is 0. The van der Waals surface area contributed by atoms with E-state index < -0.39 is 0 Å². The van der Waals surface area contributed by atoms with Gasteiger partial charge in [-0.2, -0.15) is 0 Å². The number of hydrogen-bond acceptors (Lipinski definition) is 1. The van der Waals surface area contributed by atoms with E-state index in [2.05, 4.69) is 29.6 Å². The van der Waals surface area contributed by atoms with Crippen molar-refractivity contribution in [2.45, 2.75) is 18.5 Å². The summed E-state index contributed by atoms with van der Waals surface area (Å²) in [5, 5.41) is 3.01. The largest absolute Gasteiger partial charge is 0.322 e. The van der Waals surface area contributed by atoms with Gasteiger partial charge in [-0.3, -0.25) is 0 Å². The number of carbonyl (C=O) groups excluding carboxylic acids is 1. The standard InChI is InChI=1S/C22H20N2O/c25-22(23-19-14-8-3-9-15-19)24-20(16-17-10-4-1-5-11-17)21(24)18-12-6-2-7-13-18/h1-15,20-21H,16H2,(H,23,25). The molecule has 0 radical (unpaired) electrons. The fourth-order valence-corrected chi connectivity index (χ4v) is 3.36. The number of amides is 2. The van der Waals surface area contributed by atoms with E-state index in [4.69, 9.17) is 0 Å². The Morgan fingerprint density at radius 3 is 2.00 bits per heavy atom. The van der Waals surface area contributed by atoms with Crippen LogP contribution in [0.3, 0.4) is 0 Å². The Morgan fingerprint density at radius 1 is 0.800 bits per heavy atom. The summed E-state index contributed by atoms with van der Waals surface area (Å²) in [6, 6.07) is 30.5. The van der Waals surface area contributed by atoms with Crippen LogP contribution in [0, 0.1) is 0 Å². The number of benzene rings is 3. The van der Waals surface area contributed by atoms with Crippen molar-refractivity contribution in [1.29, 1.82) is 0 Å². The van der Waals surface area contributed by atoms with Crippen LogP contribution in [0.2, 0.25) is 0 Å². The Kier molecular flexibility index (Phi) is 4.21. The molecule has 1 fully saturated rings. The van der Waals surface area contributed by atoms with Gasteiger partial charge in [-0.15, -0.1) is 0 Å². The average molecular weight is 328 g/mol. The molecule has 4 rings (SSSR count). The van der Waals surface area contributed by atoms with Crippen LogP contribution in [0.5, 0.6) is 0 Å². The normalized spacial score (nSPS) is 18.6. The number of anilines is 1. The first-order valence-electron chi connectivity index (χ1n) is 8.56. The first-order valence-corrected chi connectivity index (χ1v) is 8.56. The minimum atomic E-state index is -0.0408. The number of para-hydroxylation sites is 1. The second-order valence-corrected chi connectivity index (χ2v) is 6.32. The Balaban J connectivity index is 1.54. The van der Waals surface area contributed by atoms with Crippen molar-refractivity contribution in [2.75, 3.05) is 5.32 Å². The second kappa shape index (κ2) is 6.81. The molecule has 2 amide bonds. The number of hydrogen-bond donors (Lipinski definition) is 1. The van der Waals surface area contributed by atoms with Crippen LogP contribution in [0.25, 0.3) is 0 Å². The molecule has 3 aromatic carbocycles. The lowest BCUT2D eigenvalue weighted by molar-refractivity contribution is 0.237. The number of nitrogens with one attached hydrogen (secondary N) is 1. The van der Waals surface area contributed by atoms with Gasteiger partial charge in [-0.25, -0.2) is 4.79 Å². The van der Waals surface area contributed by atoms with Crippen LogP contribution in [-0.2, 0) is 6.42 Å². The summed E-state index contributed by atoms with van der Waals surface area (Å²) < 4.78 is 0. The summed E-state index contributed by atoms with van der Waals surface area (Å²) >= 11 is 0. The first-order chi connectivity index (χ1) is 12.3. The Bertz CT molecular complexity index is 834. The third-order valence-electron chi connectivity index (χ3n) is 4.62. The van der Waals surface area contributed by atoms with Gasteiger partial charge >= 0.3 is 6.03 Å². The molecule has 1 heterocycles. The van der Waals surface area contributed by atoms with Crippen molar-refractivity contribution in [3.63, 3.8) is 0 Å². The van der Waals surface area contributed by atoms with E-state index in [0.29, 0.717) is 0 Å². The molecule has 25 heavy (non-hydrogen) atoms. The Labute approximate surface area is 147 Å². The molecule has 3 heteroatoms. The topological polar surface area (TPSA) is 32.1 Å². The zero-order valence-electron chi connectivity index (χ0n) is 13.9. The monoisotopic (exact) mass is 328 g/mol. The van der Waals surface area contributed by atoms with Crippen molar-refractivity contribution in [3.05, 3.63) is 102 Å². The quantitative estimate of drug-likeness (QED) is 0.680. The summed E-state index contributed by atoms with van der Waals surface area (Å²) in [7, 11) is 0. The highest BCUT2D eigenvalue weighted by Gasteiger charge is 2.51. The van der Waals surface area contributed by atoms with Gasteiger partial charge in [0.05, 0.1) is 12.1 Å². The van der Waals surface area contributed by atoms with E-state index in [9.17, 15) is 4.79 Å². The summed E-state index contributed by atoms with van der Waals surface area (Å²) in [6.45, 7) is 0. The summed E-state index contributed by atoms with van der Waals surface area (Å²) in [4.78, 5) is 14.7. The Morgan fingerprint density at radius 2 is 1.36 bits per heavy atom. The van der Waals surface area contributed by atoms with Crippen molar-refractivity contribution in [3.8, 4) is 0 Å². The average Bonchev–Trinajstić information content (AvgIpc) is 3.38. The van der Waals surface area contributed by atoms with Crippen molar-refractivity contribution in [2.24, 2.45) is 0 Å². The van der Waals surface area contributed by atoms with Gasteiger partial charge in [0.15, 0.2) is 0 Å². The predicted molar refractivity (Wildman–Crippen MR) is 100 cm³/mol. The number of carbonyl (C=O) groups is 1. The molecular weight excluding hydrogens is 308 g/mol. The zero-order valence-corrected chi connectivity index (χ0v) is 13.9. The second-order valence-electron chi connectivity index (χ2n) is 6.32. The maximum atomic E-state index is 12.8. The molecule has 1 saturated heterocycles. The molecule has 124 valence electrons. The molecule has 3 nitrogen and oxygen atoms in total. The number of rotatable bonds is 4. The van der Waals surface area contributed by atoms with Crippen LogP contribution < -0.4 is 5.32 Å². The molecule has 1 N–H and O–H groups in total. The number of urea groups is 1. The first kappa shape index (κ1) is 15.5. The van der Waals surface area contributed by atoms with Gasteiger partial charge in [0.25, 0.3) is 0 Å². The van der Waals surface area contributed by atoms with Crippen molar-refractivity contribution < 1.29 is 4.79 Å². The van der Waals surface area contributed by atoms with Crippen molar-refractivity contribution in [1.82, 2.24) is 4.90 Å². The smallest absolute Gasteiger partial charge is 0.310 e. The van der Waals surface area contributed by atoms with Crippen LogP contribution in [0.1, 0.15) is 17.2 Å². The molecular formula is C22H20N2O. The third kappa shape index (κ3) is 3.41. The van der Waals surface area contributed by atoms with Crippen LogP contribution in [0.15, 0.2) is 91.0 Å². The molecule has 0 aromatic heterocycles. The van der Waals surface area contributed by atoms with Crippen LogP contribution in [-0.4, -0.2) is 17.0 Å². The van der Waals surface area contributed by atoms with Crippen molar-refractivity contribution >= 4 is 11.7 Å². The van der Waals surface area contributed by atoms with E-state index >= 15 is 0 Å². The van der Waals surface area contributed by atoms with Gasteiger partial charge in [0, 0.05) is 5.69 Å². The molecule has 0 saturated carbocycles. The minimum Gasteiger partial charge on any atom is -0.310 e. The lowest BCUT2D eigenvalue weighted by Gasteiger charge is -2.08. The maximum Gasteiger partial charge on any atom is 0.322 e. The molecule has 2 atom stereocenters. The Hall–Kier alpha value is -3.07. The van der Waals surface area contributed by atoms with Gasteiger partial charge in [-0.1, -0.05) is 78.9 Å². The lowest BCUT2D eigenvalue weighted by Crippen LogP contribution is -2.21. The molecule has 1 aliphatic rings. The highest BCUT2D eigenvalue weighted by atomic mass is 16.2. The van der Waals surface area contributed by atoms with E-state index in [1.54, 1.807) is 0 Å². The predicted octanol–water partition coefficient (Wildman–Crippen LogP) is 4.89. The minimum absolute atomic E-state index is 0.0408. The number of nitrogens with zero attached hydrogens (tertiary/aromatic N) is 1. The molecule has 1 aliphatic heterocycles. The molecule has 0 bridgehead atoms. The fraction of sp³-hybridized carbons (Fsp3) is 0.136. The van der Waals surface area contributed by atoms with E-state index in [0.717, 1.165) is 12.1 Å². The summed E-state index contributed by atoms with van der Waals surface area (Å²) in [6.07, 6.45) is 0.864. The maximum absolute atomic E-state index is 12.8. The van der Waals surface area contributed by atoms with Gasteiger partial charge in [-0.05, 0) is 29.7 Å². The van der Waals surface area contributed by atoms with Gasteiger partial charge in [0.1, 0.15) is 0 Å². The highest BCUT2D eigenvalue weighted by molar-refractivity contribution is 5.91. The lowest BCUT2D eigenvalue weighted by atomic mass is 10.0. The van der Waals surface area contributed by atoms with Crippen LogP contribution >= 0.6 is 0 Å². The molecule has 2 unspecified atom stereocenters. The van der Waals surface area contributed by atoms with E-state index in [1.165, 1.54) is 11.1 Å². The zero-order chi connectivity index (χ0) is 17.1. The van der Waals surface area contributed by atoms with E-state index in [-0.39, 0.29) is 18.1 Å². The molecule has 0 spiro atoms. The highest BCUT2D eigenvalue weighted by Crippen LogP contribution is 2.45. The molecule has 0 aliphatic carbocycles. The SMILES string of the molecule is O=C(Nc1ccccc1)N1C(Cc2ccccc2)C1c1ccccc1. The fourth-order valence-electron chi connectivity index (χ4n) is 3.36.